The molecular weight excluding hydrogens is 318 g/mol. The minimum absolute atomic E-state index is 0.134. The van der Waals surface area contributed by atoms with Crippen LogP contribution in [-0.4, -0.2) is 24.1 Å². The molecule has 0 bridgehead atoms. The van der Waals surface area contributed by atoms with Crippen molar-refractivity contribution in [2.45, 2.75) is 20.0 Å². The largest absolute Gasteiger partial charge is 0.457 e. The number of esters is 1. The second-order valence-electron chi connectivity index (χ2n) is 5.89. The van der Waals surface area contributed by atoms with Crippen molar-refractivity contribution >= 4 is 23.3 Å². The number of hydrazone groups is 1. The fourth-order valence-corrected chi connectivity index (χ4v) is 2.53. The molecule has 2 N–H and O–H groups in total. The minimum Gasteiger partial charge on any atom is -0.457 e. The first-order chi connectivity index (χ1) is 12.0. The summed E-state index contributed by atoms with van der Waals surface area (Å²) in [5.41, 5.74) is 8.94. The van der Waals surface area contributed by atoms with Crippen LogP contribution < -0.4 is 10.7 Å². The third-order valence-electron chi connectivity index (χ3n) is 3.99. The SMILES string of the molecule is CC1=NN(c2ccc(C(=O)OCc3ccc(C(N)=O)cc3)cc2)CC1. The Bertz CT molecular complexity index is 811. The van der Waals surface area contributed by atoms with E-state index in [2.05, 4.69) is 5.10 Å². The molecule has 3 rings (SSSR count). The number of nitrogens with two attached hydrogens (primary N) is 1. The van der Waals surface area contributed by atoms with Crippen molar-refractivity contribution in [1.82, 2.24) is 0 Å². The van der Waals surface area contributed by atoms with Crippen LogP contribution in [0.4, 0.5) is 5.69 Å². The van der Waals surface area contributed by atoms with E-state index in [9.17, 15) is 9.59 Å². The summed E-state index contributed by atoms with van der Waals surface area (Å²) in [6, 6.07) is 13.8. The molecule has 2 aromatic carbocycles. The minimum atomic E-state index is -0.485. The monoisotopic (exact) mass is 337 g/mol. The van der Waals surface area contributed by atoms with Gasteiger partial charge in [-0.1, -0.05) is 12.1 Å². The molecule has 0 fully saturated rings. The summed E-state index contributed by atoms with van der Waals surface area (Å²) in [6.45, 7) is 2.99. The highest BCUT2D eigenvalue weighted by atomic mass is 16.5. The summed E-state index contributed by atoms with van der Waals surface area (Å²) in [6.07, 6.45) is 0.957. The number of nitrogens with zero attached hydrogens (tertiary/aromatic N) is 2. The smallest absolute Gasteiger partial charge is 0.338 e. The van der Waals surface area contributed by atoms with E-state index in [-0.39, 0.29) is 6.61 Å². The average molecular weight is 337 g/mol. The number of ether oxygens (including phenoxy) is 1. The molecule has 25 heavy (non-hydrogen) atoms. The van der Waals surface area contributed by atoms with Gasteiger partial charge in [-0.05, 0) is 48.9 Å². The fourth-order valence-electron chi connectivity index (χ4n) is 2.53. The number of hydrogen-bond donors (Lipinski definition) is 1. The van der Waals surface area contributed by atoms with Crippen LogP contribution in [0.1, 0.15) is 39.6 Å². The molecule has 0 saturated heterocycles. The first-order valence-corrected chi connectivity index (χ1v) is 8.00. The summed E-state index contributed by atoms with van der Waals surface area (Å²) in [5, 5.41) is 6.35. The van der Waals surface area contributed by atoms with Gasteiger partial charge in [0.15, 0.2) is 0 Å². The van der Waals surface area contributed by atoms with Gasteiger partial charge in [0, 0.05) is 24.2 Å². The zero-order valence-electron chi connectivity index (χ0n) is 13.9. The second kappa shape index (κ2) is 7.17. The maximum absolute atomic E-state index is 12.1. The van der Waals surface area contributed by atoms with Gasteiger partial charge in [0.2, 0.25) is 5.91 Å². The molecule has 2 aromatic rings. The normalized spacial score (nSPS) is 13.5. The Morgan fingerprint density at radius 2 is 1.72 bits per heavy atom. The van der Waals surface area contributed by atoms with Crippen LogP contribution in [-0.2, 0) is 11.3 Å². The van der Waals surface area contributed by atoms with Gasteiger partial charge in [-0.25, -0.2) is 4.79 Å². The van der Waals surface area contributed by atoms with Gasteiger partial charge in [-0.3, -0.25) is 9.80 Å². The van der Waals surface area contributed by atoms with Crippen LogP contribution in [0.2, 0.25) is 0 Å². The van der Waals surface area contributed by atoms with E-state index in [0.29, 0.717) is 11.1 Å². The summed E-state index contributed by atoms with van der Waals surface area (Å²) >= 11 is 0. The molecule has 1 heterocycles. The number of carbonyl (C=O) groups excluding carboxylic acids is 2. The molecule has 6 nitrogen and oxygen atoms in total. The quantitative estimate of drug-likeness (QED) is 0.850. The highest BCUT2D eigenvalue weighted by Crippen LogP contribution is 2.20. The molecule has 128 valence electrons. The van der Waals surface area contributed by atoms with Crippen molar-refractivity contribution in [3.8, 4) is 0 Å². The Hall–Kier alpha value is -3.15. The summed E-state index contributed by atoms with van der Waals surface area (Å²) in [7, 11) is 0. The number of benzene rings is 2. The predicted octanol–water partition coefficient (Wildman–Crippen LogP) is 2.73. The number of carbonyl (C=O) groups is 2. The lowest BCUT2D eigenvalue weighted by Gasteiger charge is -2.13. The Balaban J connectivity index is 1.58. The molecule has 1 amide bonds. The van der Waals surface area contributed by atoms with Gasteiger partial charge in [0.05, 0.1) is 11.3 Å². The molecule has 1 aliphatic heterocycles. The maximum Gasteiger partial charge on any atom is 0.338 e. The van der Waals surface area contributed by atoms with Crippen molar-refractivity contribution in [3.05, 3.63) is 65.2 Å². The van der Waals surface area contributed by atoms with E-state index >= 15 is 0 Å². The Labute approximate surface area is 145 Å². The molecule has 0 radical (unpaired) electrons. The number of anilines is 1. The van der Waals surface area contributed by atoms with E-state index in [1.54, 1.807) is 36.4 Å². The molecule has 0 aliphatic carbocycles. The Kier molecular flexibility index (Phi) is 4.79. The van der Waals surface area contributed by atoms with Gasteiger partial charge in [0.25, 0.3) is 0 Å². The molecule has 0 spiro atoms. The maximum atomic E-state index is 12.1. The van der Waals surface area contributed by atoms with Gasteiger partial charge >= 0.3 is 5.97 Å². The summed E-state index contributed by atoms with van der Waals surface area (Å²) in [4.78, 5) is 23.2. The van der Waals surface area contributed by atoms with E-state index in [1.165, 1.54) is 0 Å². The molecule has 1 aliphatic rings. The molecule has 6 heteroatoms. The molecule has 0 aromatic heterocycles. The number of hydrogen-bond acceptors (Lipinski definition) is 5. The van der Waals surface area contributed by atoms with Crippen LogP contribution in [0.3, 0.4) is 0 Å². The Morgan fingerprint density at radius 1 is 1.08 bits per heavy atom. The van der Waals surface area contributed by atoms with Crippen LogP contribution >= 0.6 is 0 Å². The van der Waals surface area contributed by atoms with Crippen molar-refractivity contribution in [1.29, 1.82) is 0 Å². The standard InChI is InChI=1S/C19H19N3O3/c1-13-10-11-22(21-13)17-8-6-16(7-9-17)19(24)25-12-14-2-4-15(5-3-14)18(20)23/h2-9H,10-12H2,1H3,(H2,20,23). The van der Waals surface area contributed by atoms with Crippen molar-refractivity contribution in [3.63, 3.8) is 0 Å². The van der Waals surface area contributed by atoms with E-state index in [4.69, 9.17) is 10.5 Å². The van der Waals surface area contributed by atoms with Crippen molar-refractivity contribution < 1.29 is 14.3 Å². The second-order valence-corrected chi connectivity index (χ2v) is 5.89. The molecule has 0 saturated carbocycles. The first-order valence-electron chi connectivity index (χ1n) is 8.00. The van der Waals surface area contributed by atoms with Crippen LogP contribution in [0, 0.1) is 0 Å². The van der Waals surface area contributed by atoms with Gasteiger partial charge in [0.1, 0.15) is 6.61 Å². The zero-order valence-corrected chi connectivity index (χ0v) is 13.9. The van der Waals surface area contributed by atoms with Crippen LogP contribution in [0.15, 0.2) is 53.6 Å². The van der Waals surface area contributed by atoms with Gasteiger partial charge in [-0.2, -0.15) is 5.10 Å². The number of rotatable bonds is 5. The first kappa shape index (κ1) is 16.7. The average Bonchev–Trinajstić information content (AvgIpc) is 3.06. The van der Waals surface area contributed by atoms with Crippen molar-refractivity contribution in [2.75, 3.05) is 11.6 Å². The highest BCUT2D eigenvalue weighted by Gasteiger charge is 2.14. The number of amides is 1. The number of primary amides is 1. The van der Waals surface area contributed by atoms with Gasteiger partial charge < -0.3 is 10.5 Å². The topological polar surface area (TPSA) is 85.0 Å². The summed E-state index contributed by atoms with van der Waals surface area (Å²) < 4.78 is 5.30. The third kappa shape index (κ3) is 4.03. The van der Waals surface area contributed by atoms with Gasteiger partial charge in [-0.15, -0.1) is 0 Å². The lowest BCUT2D eigenvalue weighted by molar-refractivity contribution is 0.0472. The highest BCUT2D eigenvalue weighted by molar-refractivity contribution is 5.93. The van der Waals surface area contributed by atoms with Crippen LogP contribution in [0.25, 0.3) is 0 Å². The zero-order chi connectivity index (χ0) is 17.8. The third-order valence-corrected chi connectivity index (χ3v) is 3.99. The van der Waals surface area contributed by atoms with E-state index in [1.807, 2.05) is 24.1 Å². The van der Waals surface area contributed by atoms with E-state index < -0.39 is 11.9 Å². The van der Waals surface area contributed by atoms with Crippen molar-refractivity contribution in [2.24, 2.45) is 10.8 Å². The Morgan fingerprint density at radius 3 is 2.28 bits per heavy atom. The predicted molar refractivity (Wildman–Crippen MR) is 95.6 cm³/mol. The molecular formula is C19H19N3O3. The molecule has 0 atom stereocenters. The molecule has 0 unspecified atom stereocenters. The fraction of sp³-hybridized carbons (Fsp3) is 0.211. The lowest BCUT2D eigenvalue weighted by atomic mass is 10.1. The van der Waals surface area contributed by atoms with E-state index in [0.717, 1.165) is 29.9 Å². The lowest BCUT2D eigenvalue weighted by Crippen LogP contribution is -2.12. The summed E-state index contributed by atoms with van der Waals surface area (Å²) in [5.74, 6) is -0.882. The van der Waals surface area contributed by atoms with Crippen LogP contribution in [0.5, 0.6) is 0 Å².